The quantitative estimate of drug-likeness (QED) is 0.337. The van der Waals surface area contributed by atoms with Crippen molar-refractivity contribution in [1.29, 1.82) is 0 Å². The first-order chi connectivity index (χ1) is 16.0. The Labute approximate surface area is 197 Å². The van der Waals surface area contributed by atoms with Crippen LogP contribution in [-0.2, 0) is 16.2 Å². The fourth-order valence-corrected chi connectivity index (χ4v) is 3.76. The molecule has 0 saturated carbocycles. The van der Waals surface area contributed by atoms with E-state index in [1.165, 1.54) is 11.0 Å². The number of aryl methyl sites for hydroxylation is 1. The molecule has 1 aliphatic rings. The van der Waals surface area contributed by atoms with Gasteiger partial charge in [0.25, 0.3) is 11.8 Å². The van der Waals surface area contributed by atoms with Gasteiger partial charge < -0.3 is 9.47 Å². The molecule has 7 heteroatoms. The van der Waals surface area contributed by atoms with Gasteiger partial charge in [-0.2, -0.15) is 0 Å². The lowest BCUT2D eigenvalue weighted by Gasteiger charge is -2.30. The van der Waals surface area contributed by atoms with E-state index in [-0.39, 0.29) is 10.7 Å². The maximum absolute atomic E-state index is 13.3. The average molecular weight is 459 g/mol. The highest BCUT2D eigenvalue weighted by molar-refractivity contribution is 7.80. The molecule has 3 aromatic rings. The monoisotopic (exact) mass is 458 g/mol. The van der Waals surface area contributed by atoms with E-state index >= 15 is 0 Å². The van der Waals surface area contributed by atoms with Gasteiger partial charge in [-0.25, -0.2) is 0 Å². The van der Waals surface area contributed by atoms with E-state index in [4.69, 9.17) is 21.7 Å². The Bertz CT molecular complexity index is 1250. The molecule has 1 aliphatic heterocycles. The summed E-state index contributed by atoms with van der Waals surface area (Å²) in [6, 6.07) is 22.3. The number of anilines is 1. The largest absolute Gasteiger partial charge is 0.493 e. The Kier molecular flexibility index (Phi) is 6.51. The summed E-state index contributed by atoms with van der Waals surface area (Å²) in [5.41, 5.74) is 3.10. The predicted molar refractivity (Wildman–Crippen MR) is 131 cm³/mol. The maximum atomic E-state index is 13.3. The van der Waals surface area contributed by atoms with Crippen LogP contribution in [0.3, 0.4) is 0 Å². The van der Waals surface area contributed by atoms with Crippen molar-refractivity contribution < 1.29 is 19.1 Å². The van der Waals surface area contributed by atoms with E-state index < -0.39 is 11.8 Å². The van der Waals surface area contributed by atoms with Gasteiger partial charge in [0.15, 0.2) is 16.6 Å². The number of amides is 2. The number of para-hydroxylation sites is 1. The van der Waals surface area contributed by atoms with Crippen molar-refractivity contribution in [2.24, 2.45) is 0 Å². The smallest absolute Gasteiger partial charge is 0.270 e. The predicted octanol–water partition coefficient (Wildman–Crippen LogP) is 4.41. The number of hydrogen-bond donors (Lipinski definition) is 1. The van der Waals surface area contributed by atoms with Crippen LogP contribution in [0.2, 0.25) is 0 Å². The number of carbonyl (C=O) groups excluding carboxylic acids is 2. The highest BCUT2D eigenvalue weighted by atomic mass is 32.1. The highest BCUT2D eigenvalue weighted by Gasteiger charge is 2.35. The minimum Gasteiger partial charge on any atom is -0.493 e. The number of nitrogens with zero attached hydrogens (tertiary/aromatic N) is 1. The molecule has 0 aliphatic carbocycles. The van der Waals surface area contributed by atoms with Gasteiger partial charge in [-0.3, -0.25) is 19.8 Å². The van der Waals surface area contributed by atoms with Crippen molar-refractivity contribution in [3.63, 3.8) is 0 Å². The fourth-order valence-electron chi connectivity index (χ4n) is 3.49. The van der Waals surface area contributed by atoms with Crippen LogP contribution in [0.1, 0.15) is 16.7 Å². The lowest BCUT2D eigenvalue weighted by Crippen LogP contribution is -2.54. The number of carbonyl (C=O) groups is 2. The molecule has 4 rings (SSSR count). The second-order valence-electron chi connectivity index (χ2n) is 7.43. The highest BCUT2D eigenvalue weighted by Crippen LogP contribution is 2.31. The standard InChI is InChI=1S/C26H22N2O4S/c1-17-8-6-7-11-21(17)28-25(30)20(24(29)27-26(28)33)14-19-12-13-22(31-2)23(15-19)32-16-18-9-4-3-5-10-18/h3-15H,16H2,1-2H3,(H,27,29,33)/b20-14+. The van der Waals surface area contributed by atoms with Crippen molar-refractivity contribution in [3.8, 4) is 11.5 Å². The van der Waals surface area contributed by atoms with Gasteiger partial charge in [0.1, 0.15) is 12.2 Å². The first kappa shape index (κ1) is 22.2. The molecule has 33 heavy (non-hydrogen) atoms. The Balaban J connectivity index is 1.65. The second-order valence-corrected chi connectivity index (χ2v) is 7.82. The molecule has 166 valence electrons. The van der Waals surface area contributed by atoms with Crippen molar-refractivity contribution in [2.75, 3.05) is 12.0 Å². The summed E-state index contributed by atoms with van der Waals surface area (Å²) >= 11 is 5.28. The lowest BCUT2D eigenvalue weighted by atomic mass is 10.1. The fraction of sp³-hybridized carbons (Fsp3) is 0.115. The third-order valence-electron chi connectivity index (χ3n) is 5.19. The van der Waals surface area contributed by atoms with Crippen molar-refractivity contribution in [2.45, 2.75) is 13.5 Å². The summed E-state index contributed by atoms with van der Waals surface area (Å²) in [7, 11) is 1.56. The Hall–Kier alpha value is -3.97. The van der Waals surface area contributed by atoms with Gasteiger partial charge >= 0.3 is 0 Å². The van der Waals surface area contributed by atoms with Crippen LogP contribution >= 0.6 is 12.2 Å². The number of rotatable bonds is 6. The number of thiocarbonyl (C=S) groups is 1. The first-order valence-corrected chi connectivity index (χ1v) is 10.7. The van der Waals surface area contributed by atoms with Crippen molar-refractivity contribution >= 4 is 40.9 Å². The van der Waals surface area contributed by atoms with Gasteiger partial charge in [-0.1, -0.05) is 54.6 Å². The van der Waals surface area contributed by atoms with Crippen LogP contribution in [0.15, 0.2) is 78.4 Å². The summed E-state index contributed by atoms with van der Waals surface area (Å²) in [6.07, 6.45) is 1.53. The molecule has 0 spiro atoms. The Morgan fingerprint density at radius 2 is 1.70 bits per heavy atom. The molecule has 1 heterocycles. The topological polar surface area (TPSA) is 67.9 Å². The van der Waals surface area contributed by atoms with E-state index in [2.05, 4.69) is 5.32 Å². The van der Waals surface area contributed by atoms with Crippen LogP contribution in [0.5, 0.6) is 11.5 Å². The van der Waals surface area contributed by atoms with Crippen molar-refractivity contribution in [3.05, 3.63) is 95.1 Å². The zero-order valence-corrected chi connectivity index (χ0v) is 19.0. The van der Waals surface area contributed by atoms with Crippen LogP contribution in [0.25, 0.3) is 6.08 Å². The number of methoxy groups -OCH3 is 1. The molecule has 0 atom stereocenters. The molecule has 0 unspecified atom stereocenters. The van der Waals surface area contributed by atoms with Crippen LogP contribution in [-0.4, -0.2) is 24.0 Å². The maximum Gasteiger partial charge on any atom is 0.270 e. The minimum atomic E-state index is -0.544. The Morgan fingerprint density at radius 3 is 2.42 bits per heavy atom. The first-order valence-electron chi connectivity index (χ1n) is 10.3. The molecular weight excluding hydrogens is 436 g/mol. The van der Waals surface area contributed by atoms with E-state index in [1.807, 2.05) is 55.5 Å². The molecule has 1 fully saturated rings. The summed E-state index contributed by atoms with van der Waals surface area (Å²) in [6.45, 7) is 2.23. The summed E-state index contributed by atoms with van der Waals surface area (Å²) in [4.78, 5) is 27.2. The molecule has 1 N–H and O–H groups in total. The molecule has 1 saturated heterocycles. The van der Waals surface area contributed by atoms with E-state index in [9.17, 15) is 9.59 Å². The van der Waals surface area contributed by atoms with Gasteiger partial charge in [-0.05, 0) is 60.1 Å². The SMILES string of the molecule is COc1ccc(/C=C2\C(=O)NC(=S)N(c3ccccc3C)C2=O)cc1OCc1ccccc1. The van der Waals surface area contributed by atoms with Crippen molar-refractivity contribution in [1.82, 2.24) is 5.32 Å². The van der Waals surface area contributed by atoms with Gasteiger partial charge in [0.2, 0.25) is 0 Å². The number of nitrogens with one attached hydrogen (secondary N) is 1. The molecule has 6 nitrogen and oxygen atoms in total. The molecule has 0 radical (unpaired) electrons. The average Bonchev–Trinajstić information content (AvgIpc) is 2.82. The van der Waals surface area contributed by atoms with Gasteiger partial charge in [-0.15, -0.1) is 0 Å². The van der Waals surface area contributed by atoms with Gasteiger partial charge in [0, 0.05) is 0 Å². The third kappa shape index (κ3) is 4.78. The number of hydrogen-bond acceptors (Lipinski definition) is 5. The van der Waals surface area contributed by atoms with E-state index in [0.717, 1.165) is 11.1 Å². The number of ether oxygens (including phenoxy) is 2. The van der Waals surface area contributed by atoms with Crippen LogP contribution in [0, 0.1) is 6.92 Å². The molecular formula is C26H22N2O4S. The summed E-state index contributed by atoms with van der Waals surface area (Å²) in [5.74, 6) is 0.0268. The normalized spacial score (nSPS) is 14.9. The van der Waals surface area contributed by atoms with E-state index in [1.54, 1.807) is 31.4 Å². The Morgan fingerprint density at radius 1 is 0.970 bits per heavy atom. The molecule has 2 amide bonds. The summed E-state index contributed by atoms with van der Waals surface area (Å²) < 4.78 is 11.4. The third-order valence-corrected chi connectivity index (χ3v) is 5.48. The van der Waals surface area contributed by atoms with Crippen LogP contribution < -0.4 is 19.7 Å². The number of benzene rings is 3. The molecule has 0 aromatic heterocycles. The zero-order valence-electron chi connectivity index (χ0n) is 18.2. The summed E-state index contributed by atoms with van der Waals surface area (Å²) in [5, 5.41) is 2.67. The van der Waals surface area contributed by atoms with E-state index in [0.29, 0.717) is 29.4 Å². The van der Waals surface area contributed by atoms with Gasteiger partial charge in [0.05, 0.1) is 12.8 Å². The zero-order chi connectivity index (χ0) is 23.4. The second kappa shape index (κ2) is 9.67. The molecule has 3 aromatic carbocycles. The molecule has 0 bridgehead atoms. The minimum absolute atomic E-state index is 0.0222. The lowest BCUT2D eigenvalue weighted by molar-refractivity contribution is -0.122. The van der Waals surface area contributed by atoms with Crippen LogP contribution in [0.4, 0.5) is 5.69 Å².